The van der Waals surface area contributed by atoms with Crippen molar-refractivity contribution in [3.63, 3.8) is 0 Å². The first-order valence-electron chi connectivity index (χ1n) is 12.5. The molecule has 1 aliphatic rings. The van der Waals surface area contributed by atoms with Gasteiger partial charge in [-0.25, -0.2) is 4.98 Å². The molecule has 3 atom stereocenters. The van der Waals surface area contributed by atoms with Gasteiger partial charge < -0.3 is 34.8 Å². The summed E-state index contributed by atoms with van der Waals surface area (Å²) in [4.78, 5) is 47.2. The SMILES string of the molecule is CO[C@H]1CN(C(C)=O)CCCN(CC(=O)Nc2nc(C)c(C(=O)N(C)C)s2)CCCCOC[C@H](O)[C@@H]1O. The van der Waals surface area contributed by atoms with Crippen molar-refractivity contribution in [3.8, 4) is 0 Å². The second-order valence-electron chi connectivity index (χ2n) is 9.39. The Kier molecular flexibility index (Phi) is 12.8. The molecule has 1 fully saturated rings. The molecule has 0 saturated carbocycles. The molecule has 12 nitrogen and oxygen atoms in total. The lowest BCUT2D eigenvalue weighted by Crippen LogP contribution is -2.48. The monoisotopic (exact) mass is 543 g/mol. The first-order chi connectivity index (χ1) is 17.5. The molecule has 1 aromatic rings. The van der Waals surface area contributed by atoms with Gasteiger partial charge in [-0.05, 0) is 32.7 Å². The lowest BCUT2D eigenvalue weighted by Gasteiger charge is -2.31. The molecule has 2 rings (SSSR count). The second-order valence-corrected chi connectivity index (χ2v) is 10.4. The maximum Gasteiger partial charge on any atom is 0.265 e. The van der Waals surface area contributed by atoms with E-state index in [1.807, 2.05) is 4.90 Å². The van der Waals surface area contributed by atoms with Gasteiger partial charge in [0.2, 0.25) is 11.8 Å². The number of aliphatic hydroxyl groups is 2. The van der Waals surface area contributed by atoms with E-state index in [2.05, 4.69) is 10.3 Å². The number of ether oxygens (including phenoxy) is 2. The highest BCUT2D eigenvalue weighted by Gasteiger charge is 2.29. The molecule has 0 spiro atoms. The average molecular weight is 544 g/mol. The van der Waals surface area contributed by atoms with Gasteiger partial charge in [0.25, 0.3) is 5.91 Å². The van der Waals surface area contributed by atoms with Crippen LogP contribution >= 0.6 is 11.3 Å². The van der Waals surface area contributed by atoms with Crippen molar-refractivity contribution in [1.82, 2.24) is 19.7 Å². The highest BCUT2D eigenvalue weighted by Crippen LogP contribution is 2.23. The zero-order valence-corrected chi connectivity index (χ0v) is 23.3. The first-order valence-corrected chi connectivity index (χ1v) is 13.3. The Morgan fingerprint density at radius 1 is 1.19 bits per heavy atom. The molecule has 0 aromatic carbocycles. The smallest absolute Gasteiger partial charge is 0.265 e. The number of hydrogen-bond donors (Lipinski definition) is 3. The van der Waals surface area contributed by atoms with E-state index in [-0.39, 0.29) is 37.4 Å². The zero-order chi connectivity index (χ0) is 27.5. The van der Waals surface area contributed by atoms with Gasteiger partial charge >= 0.3 is 0 Å². The highest BCUT2D eigenvalue weighted by atomic mass is 32.1. The third kappa shape index (κ3) is 9.91. The number of carbonyl (C=O) groups is 3. The van der Waals surface area contributed by atoms with Crippen LogP contribution in [0.1, 0.15) is 41.6 Å². The third-order valence-corrected chi connectivity index (χ3v) is 7.20. The summed E-state index contributed by atoms with van der Waals surface area (Å²) in [6.07, 6.45) is -1.000. The molecule has 0 radical (unpaired) electrons. The van der Waals surface area contributed by atoms with Gasteiger partial charge in [-0.3, -0.25) is 19.3 Å². The fourth-order valence-corrected chi connectivity index (χ4v) is 4.98. The van der Waals surface area contributed by atoms with E-state index in [1.54, 1.807) is 25.9 Å². The Morgan fingerprint density at radius 3 is 2.54 bits per heavy atom. The number of anilines is 1. The molecule has 1 saturated heterocycles. The van der Waals surface area contributed by atoms with E-state index >= 15 is 0 Å². The zero-order valence-electron chi connectivity index (χ0n) is 22.4. The van der Waals surface area contributed by atoms with Crippen molar-refractivity contribution in [3.05, 3.63) is 10.6 Å². The van der Waals surface area contributed by atoms with Crippen molar-refractivity contribution in [2.45, 2.75) is 51.4 Å². The Balaban J connectivity index is 2.04. The number of thiazole rings is 1. The van der Waals surface area contributed by atoms with E-state index in [4.69, 9.17) is 9.47 Å². The number of amides is 3. The van der Waals surface area contributed by atoms with Crippen LogP contribution in [-0.4, -0.2) is 133 Å². The molecule has 0 aliphatic carbocycles. The number of carbonyl (C=O) groups excluding carboxylic acids is 3. The van der Waals surface area contributed by atoms with E-state index in [1.165, 1.54) is 18.9 Å². The Bertz CT molecular complexity index is 897. The van der Waals surface area contributed by atoms with Gasteiger partial charge in [-0.1, -0.05) is 11.3 Å². The number of rotatable bonds is 5. The van der Waals surface area contributed by atoms with Crippen LogP contribution < -0.4 is 5.32 Å². The standard InChI is InChI=1S/C24H41N5O7S/c1-16-22(23(34)27(3)4)37-24(25-16)26-20(32)14-28-9-6-7-12-36-15-18(31)21(33)19(35-5)13-29(17(2)30)11-8-10-28/h18-19,21,31,33H,6-15H2,1-5H3,(H,25,26,32)/t18-,19-,21-/m0/s1. The Labute approximate surface area is 222 Å². The minimum absolute atomic E-state index is 0.0429. The predicted octanol–water partition coefficient (Wildman–Crippen LogP) is 0.180. The predicted molar refractivity (Wildman–Crippen MR) is 140 cm³/mol. The van der Waals surface area contributed by atoms with E-state index in [0.29, 0.717) is 48.4 Å². The van der Waals surface area contributed by atoms with Crippen molar-refractivity contribution in [1.29, 1.82) is 0 Å². The average Bonchev–Trinajstić information content (AvgIpc) is 3.20. The highest BCUT2D eigenvalue weighted by molar-refractivity contribution is 7.17. The molecule has 13 heteroatoms. The summed E-state index contributed by atoms with van der Waals surface area (Å²) in [5.41, 5.74) is 0.571. The van der Waals surface area contributed by atoms with Crippen LogP contribution in [0.25, 0.3) is 0 Å². The van der Waals surface area contributed by atoms with Gasteiger partial charge in [0, 0.05) is 54.4 Å². The molecule has 1 aromatic heterocycles. The van der Waals surface area contributed by atoms with Crippen LogP contribution in [0.3, 0.4) is 0 Å². The summed E-state index contributed by atoms with van der Waals surface area (Å²) in [5.74, 6) is -0.564. The molecular weight excluding hydrogens is 502 g/mol. The number of hydrogen-bond acceptors (Lipinski definition) is 10. The quantitative estimate of drug-likeness (QED) is 0.474. The molecule has 1 aliphatic heterocycles. The van der Waals surface area contributed by atoms with E-state index < -0.39 is 18.3 Å². The van der Waals surface area contributed by atoms with Crippen LogP contribution in [0.5, 0.6) is 0 Å². The molecule has 37 heavy (non-hydrogen) atoms. The Morgan fingerprint density at radius 2 is 1.89 bits per heavy atom. The van der Waals surface area contributed by atoms with Gasteiger partial charge in [0.1, 0.15) is 23.2 Å². The molecule has 2 heterocycles. The van der Waals surface area contributed by atoms with E-state index in [0.717, 1.165) is 24.2 Å². The number of aromatic nitrogens is 1. The van der Waals surface area contributed by atoms with Crippen LogP contribution in [0.4, 0.5) is 5.13 Å². The summed E-state index contributed by atoms with van der Waals surface area (Å²) < 4.78 is 10.9. The van der Waals surface area contributed by atoms with Crippen LogP contribution in [0, 0.1) is 6.92 Å². The second kappa shape index (κ2) is 15.3. The lowest BCUT2D eigenvalue weighted by molar-refractivity contribution is -0.136. The number of aliphatic hydroxyl groups excluding tert-OH is 2. The summed E-state index contributed by atoms with van der Waals surface area (Å²) in [7, 11) is 4.76. The fourth-order valence-electron chi connectivity index (χ4n) is 3.97. The molecule has 3 amide bonds. The van der Waals surface area contributed by atoms with Crippen LogP contribution in [0.15, 0.2) is 0 Å². The summed E-state index contributed by atoms with van der Waals surface area (Å²) in [5, 5.41) is 23.9. The van der Waals surface area contributed by atoms with Crippen molar-refractivity contribution >= 4 is 34.2 Å². The summed E-state index contributed by atoms with van der Waals surface area (Å²) in [6.45, 7) is 5.43. The molecule has 0 bridgehead atoms. The van der Waals surface area contributed by atoms with Crippen LogP contribution in [0.2, 0.25) is 0 Å². The van der Waals surface area contributed by atoms with Gasteiger partial charge in [0.15, 0.2) is 5.13 Å². The number of aryl methyl sites for hydroxylation is 1. The molecule has 0 unspecified atom stereocenters. The summed E-state index contributed by atoms with van der Waals surface area (Å²) in [6, 6.07) is 0. The topological polar surface area (TPSA) is 145 Å². The number of methoxy groups -OCH3 is 1. The Hall–Kier alpha value is -2.16. The van der Waals surface area contributed by atoms with Gasteiger partial charge in [-0.2, -0.15) is 0 Å². The number of nitrogens with one attached hydrogen (secondary N) is 1. The van der Waals surface area contributed by atoms with Crippen molar-refractivity contribution in [2.75, 3.05) is 72.5 Å². The van der Waals surface area contributed by atoms with Crippen LogP contribution in [-0.2, 0) is 19.1 Å². The first kappa shape index (κ1) is 31.1. The van der Waals surface area contributed by atoms with Crippen molar-refractivity contribution < 1.29 is 34.1 Å². The van der Waals surface area contributed by atoms with Gasteiger partial charge in [-0.15, -0.1) is 0 Å². The fraction of sp³-hybridized carbons (Fsp3) is 0.750. The number of nitrogens with zero attached hydrogens (tertiary/aromatic N) is 4. The largest absolute Gasteiger partial charge is 0.388 e. The van der Waals surface area contributed by atoms with Gasteiger partial charge in [0.05, 0.1) is 18.8 Å². The summed E-state index contributed by atoms with van der Waals surface area (Å²) >= 11 is 1.15. The normalized spacial score (nSPS) is 23.1. The van der Waals surface area contributed by atoms with Crippen molar-refractivity contribution in [2.24, 2.45) is 0 Å². The molecule has 3 N–H and O–H groups in total. The minimum Gasteiger partial charge on any atom is -0.388 e. The third-order valence-electron chi connectivity index (χ3n) is 6.14. The molecular formula is C24H41N5O7S. The maximum absolute atomic E-state index is 12.8. The molecule has 210 valence electrons. The lowest BCUT2D eigenvalue weighted by atomic mass is 10.1. The van der Waals surface area contributed by atoms with E-state index in [9.17, 15) is 24.6 Å². The minimum atomic E-state index is -1.19. The maximum atomic E-state index is 12.8.